The molecular formula is C15H16FN3O. The standard InChI is InChI=1S/C15H16FN3O/c1-10(18-13-7-5-12(16)6-8-13)11-3-2-4-14(9-11)19-15(17)20/h2-10,18H,1H3,(H3,17,19,20). The van der Waals surface area contributed by atoms with Crippen LogP contribution in [0.3, 0.4) is 0 Å². The third-order valence-corrected chi connectivity index (χ3v) is 2.88. The molecule has 4 N–H and O–H groups in total. The van der Waals surface area contributed by atoms with E-state index in [4.69, 9.17) is 5.73 Å². The van der Waals surface area contributed by atoms with Crippen LogP contribution in [0.5, 0.6) is 0 Å². The molecule has 0 spiro atoms. The Morgan fingerprint density at radius 1 is 1.15 bits per heavy atom. The van der Waals surface area contributed by atoms with Crippen molar-refractivity contribution in [2.45, 2.75) is 13.0 Å². The largest absolute Gasteiger partial charge is 0.379 e. The van der Waals surface area contributed by atoms with Crippen molar-refractivity contribution in [2.24, 2.45) is 5.73 Å². The van der Waals surface area contributed by atoms with Gasteiger partial charge in [0.1, 0.15) is 5.82 Å². The summed E-state index contributed by atoms with van der Waals surface area (Å²) in [5, 5.41) is 5.79. The van der Waals surface area contributed by atoms with Crippen LogP contribution >= 0.6 is 0 Å². The van der Waals surface area contributed by atoms with Crippen LogP contribution in [0.1, 0.15) is 18.5 Å². The molecule has 5 heteroatoms. The molecule has 20 heavy (non-hydrogen) atoms. The minimum atomic E-state index is -0.596. The van der Waals surface area contributed by atoms with Gasteiger partial charge in [-0.2, -0.15) is 0 Å². The topological polar surface area (TPSA) is 67.2 Å². The van der Waals surface area contributed by atoms with Gasteiger partial charge in [-0.3, -0.25) is 0 Å². The van der Waals surface area contributed by atoms with Gasteiger partial charge >= 0.3 is 6.03 Å². The molecule has 0 fully saturated rings. The second-order valence-electron chi connectivity index (χ2n) is 4.49. The molecule has 0 aliphatic carbocycles. The highest BCUT2D eigenvalue weighted by molar-refractivity contribution is 5.87. The minimum Gasteiger partial charge on any atom is -0.379 e. The number of nitrogens with one attached hydrogen (secondary N) is 2. The number of anilines is 2. The summed E-state index contributed by atoms with van der Waals surface area (Å²) in [6.45, 7) is 1.98. The highest BCUT2D eigenvalue weighted by atomic mass is 19.1. The van der Waals surface area contributed by atoms with Crippen LogP contribution in [0, 0.1) is 5.82 Å². The van der Waals surface area contributed by atoms with Crippen LogP contribution in [-0.2, 0) is 0 Å². The van der Waals surface area contributed by atoms with Gasteiger partial charge in [-0.05, 0) is 48.9 Å². The molecular weight excluding hydrogens is 257 g/mol. The highest BCUT2D eigenvalue weighted by Crippen LogP contribution is 2.21. The number of halogens is 1. The molecule has 0 heterocycles. The van der Waals surface area contributed by atoms with Crippen LogP contribution in [0.15, 0.2) is 48.5 Å². The van der Waals surface area contributed by atoms with Crippen molar-refractivity contribution >= 4 is 17.4 Å². The van der Waals surface area contributed by atoms with Crippen LogP contribution in [0.4, 0.5) is 20.6 Å². The van der Waals surface area contributed by atoms with Gasteiger partial charge in [0.2, 0.25) is 0 Å². The van der Waals surface area contributed by atoms with Gasteiger partial charge < -0.3 is 16.4 Å². The van der Waals surface area contributed by atoms with Crippen LogP contribution < -0.4 is 16.4 Å². The van der Waals surface area contributed by atoms with Crippen molar-refractivity contribution < 1.29 is 9.18 Å². The van der Waals surface area contributed by atoms with Gasteiger partial charge in [-0.1, -0.05) is 12.1 Å². The van der Waals surface area contributed by atoms with Gasteiger partial charge in [-0.25, -0.2) is 9.18 Å². The van der Waals surface area contributed by atoms with Crippen molar-refractivity contribution in [1.82, 2.24) is 0 Å². The molecule has 0 saturated heterocycles. The molecule has 0 aliphatic heterocycles. The van der Waals surface area contributed by atoms with Gasteiger partial charge in [0, 0.05) is 17.4 Å². The fourth-order valence-electron chi connectivity index (χ4n) is 1.91. The normalized spacial score (nSPS) is 11.7. The van der Waals surface area contributed by atoms with Crippen molar-refractivity contribution in [3.05, 3.63) is 59.9 Å². The molecule has 2 amide bonds. The summed E-state index contributed by atoms with van der Waals surface area (Å²) in [5.41, 5.74) is 7.54. The van der Waals surface area contributed by atoms with E-state index < -0.39 is 6.03 Å². The number of amides is 2. The number of primary amides is 1. The first-order chi connectivity index (χ1) is 9.54. The Hall–Kier alpha value is -2.56. The number of nitrogens with two attached hydrogens (primary N) is 1. The first-order valence-corrected chi connectivity index (χ1v) is 6.23. The van der Waals surface area contributed by atoms with E-state index in [1.807, 2.05) is 25.1 Å². The molecule has 0 radical (unpaired) electrons. The smallest absolute Gasteiger partial charge is 0.316 e. The number of rotatable bonds is 4. The molecule has 0 bridgehead atoms. The number of hydrogen-bond acceptors (Lipinski definition) is 2. The average Bonchev–Trinajstić information content (AvgIpc) is 2.41. The van der Waals surface area contributed by atoms with Crippen LogP contribution in [0.25, 0.3) is 0 Å². The van der Waals surface area contributed by atoms with E-state index in [0.717, 1.165) is 11.3 Å². The van der Waals surface area contributed by atoms with Gasteiger partial charge in [0.05, 0.1) is 0 Å². The lowest BCUT2D eigenvalue weighted by Crippen LogP contribution is -2.19. The number of urea groups is 1. The first kappa shape index (κ1) is 13.9. The SMILES string of the molecule is CC(Nc1ccc(F)cc1)c1cccc(NC(N)=O)c1. The zero-order chi connectivity index (χ0) is 14.5. The molecule has 0 saturated carbocycles. The fourth-order valence-corrected chi connectivity index (χ4v) is 1.91. The Morgan fingerprint density at radius 2 is 1.85 bits per heavy atom. The predicted octanol–water partition coefficient (Wildman–Crippen LogP) is 3.49. The van der Waals surface area contributed by atoms with Crippen molar-refractivity contribution in [1.29, 1.82) is 0 Å². The lowest BCUT2D eigenvalue weighted by atomic mass is 10.1. The number of carbonyl (C=O) groups is 1. The van der Waals surface area contributed by atoms with Crippen LogP contribution in [-0.4, -0.2) is 6.03 Å². The summed E-state index contributed by atoms with van der Waals surface area (Å²) in [6, 6.07) is 13.0. The number of benzene rings is 2. The van der Waals surface area contributed by atoms with E-state index in [-0.39, 0.29) is 11.9 Å². The molecule has 2 rings (SSSR count). The quantitative estimate of drug-likeness (QED) is 0.798. The molecule has 104 valence electrons. The van der Waals surface area contributed by atoms with Crippen molar-refractivity contribution in [2.75, 3.05) is 10.6 Å². The van der Waals surface area contributed by atoms with E-state index in [2.05, 4.69) is 10.6 Å². The molecule has 2 aromatic carbocycles. The summed E-state index contributed by atoms with van der Waals surface area (Å²) < 4.78 is 12.8. The Bertz CT molecular complexity index is 598. The molecule has 2 aromatic rings. The minimum absolute atomic E-state index is 0.00934. The summed E-state index contributed by atoms with van der Waals surface area (Å²) in [6.07, 6.45) is 0. The maximum atomic E-state index is 12.8. The van der Waals surface area contributed by atoms with E-state index in [1.54, 1.807) is 18.2 Å². The molecule has 0 aromatic heterocycles. The maximum Gasteiger partial charge on any atom is 0.316 e. The first-order valence-electron chi connectivity index (χ1n) is 6.23. The van der Waals surface area contributed by atoms with E-state index in [9.17, 15) is 9.18 Å². The Morgan fingerprint density at radius 3 is 2.50 bits per heavy atom. The third kappa shape index (κ3) is 3.71. The summed E-state index contributed by atoms with van der Waals surface area (Å²) in [7, 11) is 0. The highest BCUT2D eigenvalue weighted by Gasteiger charge is 2.06. The molecule has 1 unspecified atom stereocenters. The van der Waals surface area contributed by atoms with Crippen LogP contribution in [0.2, 0.25) is 0 Å². The Labute approximate surface area is 116 Å². The number of hydrogen-bond donors (Lipinski definition) is 3. The Balaban J connectivity index is 2.10. The van der Waals surface area contributed by atoms with E-state index >= 15 is 0 Å². The average molecular weight is 273 g/mol. The predicted molar refractivity (Wildman–Crippen MR) is 78.1 cm³/mol. The monoisotopic (exact) mass is 273 g/mol. The zero-order valence-corrected chi connectivity index (χ0v) is 11.1. The summed E-state index contributed by atoms with van der Waals surface area (Å²) in [5.74, 6) is -0.268. The van der Waals surface area contributed by atoms with Gasteiger partial charge in [0.15, 0.2) is 0 Å². The lowest BCUT2D eigenvalue weighted by Gasteiger charge is -2.16. The lowest BCUT2D eigenvalue weighted by molar-refractivity contribution is 0.259. The van der Waals surface area contributed by atoms with E-state index in [1.165, 1.54) is 12.1 Å². The molecule has 1 atom stereocenters. The van der Waals surface area contributed by atoms with Crippen molar-refractivity contribution in [3.63, 3.8) is 0 Å². The van der Waals surface area contributed by atoms with E-state index in [0.29, 0.717) is 5.69 Å². The second kappa shape index (κ2) is 6.06. The van der Waals surface area contributed by atoms with Gasteiger partial charge in [0.25, 0.3) is 0 Å². The third-order valence-electron chi connectivity index (χ3n) is 2.88. The number of carbonyl (C=O) groups excluding carboxylic acids is 1. The second-order valence-corrected chi connectivity index (χ2v) is 4.49. The van der Waals surface area contributed by atoms with Gasteiger partial charge in [-0.15, -0.1) is 0 Å². The summed E-state index contributed by atoms with van der Waals surface area (Å²) in [4.78, 5) is 10.8. The molecule has 0 aliphatic rings. The maximum absolute atomic E-state index is 12.8. The van der Waals surface area contributed by atoms with Crippen molar-refractivity contribution in [3.8, 4) is 0 Å². The fraction of sp³-hybridized carbons (Fsp3) is 0.133. The Kier molecular flexibility index (Phi) is 4.20. The zero-order valence-electron chi connectivity index (χ0n) is 11.1. The summed E-state index contributed by atoms with van der Waals surface area (Å²) >= 11 is 0. The molecule has 4 nitrogen and oxygen atoms in total.